The zero-order valence-corrected chi connectivity index (χ0v) is 10.1. The SMILES string of the molecule is Cc1ccc(C(=O)c2cccc(O)c2O)c(O)c1O. The van der Waals surface area contributed by atoms with Gasteiger partial charge in [0.25, 0.3) is 0 Å². The molecule has 98 valence electrons. The van der Waals surface area contributed by atoms with E-state index in [4.69, 9.17) is 0 Å². The van der Waals surface area contributed by atoms with Gasteiger partial charge in [0.15, 0.2) is 23.0 Å². The van der Waals surface area contributed by atoms with E-state index in [2.05, 4.69) is 0 Å². The van der Waals surface area contributed by atoms with Crippen molar-refractivity contribution in [3.63, 3.8) is 0 Å². The Balaban J connectivity index is 2.57. The first-order valence-electron chi connectivity index (χ1n) is 5.50. The Morgan fingerprint density at radius 2 is 1.47 bits per heavy atom. The second kappa shape index (κ2) is 4.53. The molecule has 0 unspecified atom stereocenters. The molecule has 0 atom stereocenters. The lowest BCUT2D eigenvalue weighted by Crippen LogP contribution is -2.02. The molecule has 0 radical (unpaired) electrons. The van der Waals surface area contributed by atoms with Gasteiger partial charge in [-0.25, -0.2) is 0 Å². The minimum Gasteiger partial charge on any atom is -0.504 e. The first kappa shape index (κ1) is 12.8. The summed E-state index contributed by atoms with van der Waals surface area (Å²) in [6.45, 7) is 1.58. The number of ketones is 1. The van der Waals surface area contributed by atoms with Crippen molar-refractivity contribution in [3.8, 4) is 23.0 Å². The maximum atomic E-state index is 12.2. The lowest BCUT2D eigenvalue weighted by molar-refractivity contribution is 0.103. The van der Waals surface area contributed by atoms with Crippen LogP contribution in [0.2, 0.25) is 0 Å². The molecule has 19 heavy (non-hydrogen) atoms. The van der Waals surface area contributed by atoms with Crippen molar-refractivity contribution < 1.29 is 25.2 Å². The maximum Gasteiger partial charge on any atom is 0.200 e. The third-order valence-corrected chi connectivity index (χ3v) is 2.86. The van der Waals surface area contributed by atoms with Gasteiger partial charge in [-0.1, -0.05) is 12.1 Å². The number of rotatable bonds is 2. The Morgan fingerprint density at radius 1 is 0.842 bits per heavy atom. The van der Waals surface area contributed by atoms with Crippen LogP contribution in [-0.4, -0.2) is 26.2 Å². The minimum absolute atomic E-state index is 0.149. The quantitative estimate of drug-likeness (QED) is 0.489. The Morgan fingerprint density at radius 3 is 2.16 bits per heavy atom. The summed E-state index contributed by atoms with van der Waals surface area (Å²) in [4.78, 5) is 12.2. The molecule has 0 aliphatic rings. The second-order valence-electron chi connectivity index (χ2n) is 4.13. The summed E-state index contributed by atoms with van der Waals surface area (Å²) >= 11 is 0. The lowest BCUT2D eigenvalue weighted by Gasteiger charge is -2.09. The Hall–Kier alpha value is -2.69. The van der Waals surface area contributed by atoms with Crippen molar-refractivity contribution in [3.05, 3.63) is 47.0 Å². The van der Waals surface area contributed by atoms with Crippen molar-refractivity contribution in [1.82, 2.24) is 0 Å². The molecular weight excluding hydrogens is 248 g/mol. The van der Waals surface area contributed by atoms with Gasteiger partial charge in [-0.05, 0) is 30.7 Å². The van der Waals surface area contributed by atoms with Crippen molar-refractivity contribution >= 4 is 5.78 Å². The van der Waals surface area contributed by atoms with Gasteiger partial charge < -0.3 is 20.4 Å². The van der Waals surface area contributed by atoms with Gasteiger partial charge in [0.2, 0.25) is 5.78 Å². The van der Waals surface area contributed by atoms with Crippen LogP contribution >= 0.6 is 0 Å². The zero-order chi connectivity index (χ0) is 14.2. The van der Waals surface area contributed by atoms with E-state index >= 15 is 0 Å². The van der Waals surface area contributed by atoms with Crippen LogP contribution < -0.4 is 0 Å². The van der Waals surface area contributed by atoms with E-state index in [1.165, 1.54) is 30.3 Å². The molecule has 5 nitrogen and oxygen atoms in total. The average Bonchev–Trinajstić information content (AvgIpc) is 2.39. The summed E-state index contributed by atoms with van der Waals surface area (Å²) < 4.78 is 0. The Kier molecular flexibility index (Phi) is 3.04. The average molecular weight is 260 g/mol. The lowest BCUT2D eigenvalue weighted by atomic mass is 9.99. The molecule has 0 saturated heterocycles. The number of carbonyl (C=O) groups is 1. The van der Waals surface area contributed by atoms with Gasteiger partial charge in [0.05, 0.1) is 11.1 Å². The standard InChI is InChI=1S/C14H12O5/c1-7-5-6-9(14(19)11(7)16)12(17)8-3-2-4-10(15)13(8)18/h2-6,15-16,18-19H,1H3. The molecule has 0 saturated carbocycles. The third kappa shape index (κ3) is 2.06. The van der Waals surface area contributed by atoms with E-state index in [0.29, 0.717) is 5.56 Å². The topological polar surface area (TPSA) is 98.0 Å². The van der Waals surface area contributed by atoms with Crippen molar-refractivity contribution in [2.24, 2.45) is 0 Å². The summed E-state index contributed by atoms with van der Waals surface area (Å²) in [5, 5.41) is 38.3. The van der Waals surface area contributed by atoms with Gasteiger partial charge in [-0.2, -0.15) is 0 Å². The summed E-state index contributed by atoms with van der Waals surface area (Å²) in [7, 11) is 0. The van der Waals surface area contributed by atoms with Crippen LogP contribution in [0.3, 0.4) is 0 Å². The van der Waals surface area contributed by atoms with Crippen molar-refractivity contribution in [2.45, 2.75) is 6.92 Å². The Bertz CT molecular complexity index is 661. The highest BCUT2D eigenvalue weighted by Gasteiger charge is 2.21. The number of para-hydroxylation sites is 1. The van der Waals surface area contributed by atoms with Gasteiger partial charge >= 0.3 is 0 Å². The van der Waals surface area contributed by atoms with Crippen LogP contribution in [0.4, 0.5) is 0 Å². The summed E-state index contributed by atoms with van der Waals surface area (Å²) in [5.74, 6) is -2.62. The number of phenols is 4. The molecular formula is C14H12O5. The number of aromatic hydroxyl groups is 4. The van der Waals surface area contributed by atoms with Crippen LogP contribution in [0.15, 0.2) is 30.3 Å². The van der Waals surface area contributed by atoms with E-state index in [1.807, 2.05) is 0 Å². The zero-order valence-electron chi connectivity index (χ0n) is 10.1. The summed E-state index contributed by atoms with van der Waals surface area (Å²) in [5.41, 5.74) is 0.122. The normalized spacial score (nSPS) is 10.4. The van der Waals surface area contributed by atoms with Crippen molar-refractivity contribution in [1.29, 1.82) is 0 Å². The molecule has 0 spiro atoms. The molecule has 2 aromatic rings. The van der Waals surface area contributed by atoms with Gasteiger partial charge in [-0.15, -0.1) is 0 Å². The minimum atomic E-state index is -0.693. The number of benzene rings is 2. The highest BCUT2D eigenvalue weighted by atomic mass is 16.3. The summed E-state index contributed by atoms with van der Waals surface area (Å²) in [6.07, 6.45) is 0. The number of carbonyl (C=O) groups excluding carboxylic acids is 1. The van der Waals surface area contributed by atoms with Crippen LogP contribution in [0.25, 0.3) is 0 Å². The number of aryl methyl sites for hydroxylation is 1. The first-order valence-corrected chi connectivity index (χ1v) is 5.50. The third-order valence-electron chi connectivity index (χ3n) is 2.86. The number of hydrogen-bond acceptors (Lipinski definition) is 5. The van der Waals surface area contributed by atoms with E-state index in [0.717, 1.165) is 0 Å². The smallest absolute Gasteiger partial charge is 0.200 e. The molecule has 0 amide bonds. The molecule has 0 aliphatic carbocycles. The number of hydrogen-bond donors (Lipinski definition) is 4. The van der Waals surface area contributed by atoms with Crippen LogP contribution in [0, 0.1) is 6.92 Å². The molecule has 2 rings (SSSR count). The molecule has 0 heterocycles. The highest BCUT2D eigenvalue weighted by molar-refractivity contribution is 6.13. The Labute approximate surface area is 109 Å². The maximum absolute atomic E-state index is 12.2. The van der Waals surface area contributed by atoms with E-state index in [-0.39, 0.29) is 16.9 Å². The second-order valence-corrected chi connectivity index (χ2v) is 4.13. The predicted molar refractivity (Wildman–Crippen MR) is 67.7 cm³/mol. The van der Waals surface area contributed by atoms with Crippen molar-refractivity contribution in [2.75, 3.05) is 0 Å². The molecule has 2 aromatic carbocycles. The van der Waals surface area contributed by atoms with Crippen LogP contribution in [0.1, 0.15) is 21.5 Å². The summed E-state index contributed by atoms with van der Waals surface area (Å²) in [6, 6.07) is 6.76. The van der Waals surface area contributed by atoms with E-state index in [1.54, 1.807) is 6.92 Å². The van der Waals surface area contributed by atoms with Gasteiger partial charge in [-0.3, -0.25) is 4.79 Å². The molecule has 4 N–H and O–H groups in total. The van der Waals surface area contributed by atoms with Gasteiger partial charge in [0.1, 0.15) is 0 Å². The fourth-order valence-corrected chi connectivity index (χ4v) is 1.72. The van der Waals surface area contributed by atoms with Gasteiger partial charge in [0, 0.05) is 0 Å². The molecule has 0 aliphatic heterocycles. The highest BCUT2D eigenvalue weighted by Crippen LogP contribution is 2.36. The predicted octanol–water partition coefficient (Wildman–Crippen LogP) is 2.05. The fourth-order valence-electron chi connectivity index (χ4n) is 1.72. The van der Waals surface area contributed by atoms with Crippen LogP contribution in [-0.2, 0) is 0 Å². The molecule has 0 fully saturated rings. The monoisotopic (exact) mass is 260 g/mol. The molecule has 0 bridgehead atoms. The fraction of sp³-hybridized carbons (Fsp3) is 0.0714. The van der Waals surface area contributed by atoms with E-state index in [9.17, 15) is 25.2 Å². The molecule has 5 heteroatoms. The van der Waals surface area contributed by atoms with E-state index < -0.39 is 23.0 Å². The van der Waals surface area contributed by atoms with Crippen LogP contribution in [0.5, 0.6) is 23.0 Å². The largest absolute Gasteiger partial charge is 0.504 e. The molecule has 0 aromatic heterocycles. The first-order chi connectivity index (χ1) is 8.93. The number of phenolic OH excluding ortho intramolecular Hbond substituents is 4.